The summed E-state index contributed by atoms with van der Waals surface area (Å²) in [4.78, 5) is 0. The molecule has 0 N–H and O–H groups in total. The second-order valence-electron chi connectivity index (χ2n) is 5.82. The highest BCUT2D eigenvalue weighted by Crippen LogP contribution is 2.45. The fourth-order valence-electron chi connectivity index (χ4n) is 3.74. The highest BCUT2D eigenvalue weighted by Gasteiger charge is 2.36. The summed E-state index contributed by atoms with van der Waals surface area (Å²) in [7, 11) is 0. The average molecular weight is 250 g/mol. The highest BCUT2D eigenvalue weighted by atomic mass is 14.4. The Morgan fingerprint density at radius 2 is 1.37 bits per heavy atom. The van der Waals surface area contributed by atoms with Crippen LogP contribution in [0.4, 0.5) is 0 Å². The molecule has 0 saturated heterocycles. The Bertz CT molecular complexity index is 533. The van der Waals surface area contributed by atoms with Gasteiger partial charge in [0.15, 0.2) is 0 Å². The molecule has 0 aliphatic heterocycles. The van der Waals surface area contributed by atoms with Gasteiger partial charge in [0.1, 0.15) is 0 Å². The van der Waals surface area contributed by atoms with Gasteiger partial charge in [-0.25, -0.2) is 0 Å². The van der Waals surface area contributed by atoms with Crippen molar-refractivity contribution in [3.8, 4) is 0 Å². The maximum Gasteiger partial charge on any atom is 0.0205 e. The zero-order valence-electron chi connectivity index (χ0n) is 11.7. The van der Waals surface area contributed by atoms with E-state index in [0.717, 1.165) is 0 Å². The van der Waals surface area contributed by atoms with Crippen LogP contribution in [0.5, 0.6) is 0 Å². The second-order valence-corrected chi connectivity index (χ2v) is 5.82. The molecule has 0 nitrogen and oxygen atoms in total. The van der Waals surface area contributed by atoms with Crippen LogP contribution < -0.4 is 0 Å². The molecular weight excluding hydrogens is 228 g/mol. The number of rotatable bonds is 2. The van der Waals surface area contributed by atoms with Crippen LogP contribution in [0.3, 0.4) is 0 Å². The Kier molecular flexibility index (Phi) is 3.42. The summed E-state index contributed by atoms with van der Waals surface area (Å²) >= 11 is 0. The van der Waals surface area contributed by atoms with Gasteiger partial charge in [0.05, 0.1) is 0 Å². The molecule has 0 aromatic heterocycles. The molecule has 0 radical (unpaired) electrons. The summed E-state index contributed by atoms with van der Waals surface area (Å²) in [5, 5.41) is 0. The molecule has 98 valence electrons. The third-order valence-electron chi connectivity index (χ3n) is 4.69. The van der Waals surface area contributed by atoms with E-state index in [4.69, 9.17) is 0 Å². The molecule has 0 bridgehead atoms. The molecule has 0 amide bonds. The third kappa shape index (κ3) is 2.20. The van der Waals surface area contributed by atoms with Crippen molar-refractivity contribution in [1.29, 1.82) is 0 Å². The summed E-state index contributed by atoms with van der Waals surface area (Å²) in [5.41, 5.74) is 4.74. The molecule has 0 spiro atoms. The van der Waals surface area contributed by atoms with Crippen molar-refractivity contribution in [3.05, 3.63) is 71.3 Å². The minimum absolute atomic E-state index is 0.255. The van der Waals surface area contributed by atoms with E-state index in [2.05, 4.69) is 61.5 Å². The predicted octanol–water partition coefficient (Wildman–Crippen LogP) is 5.25. The van der Waals surface area contributed by atoms with E-state index in [-0.39, 0.29) is 5.41 Å². The molecule has 1 aliphatic carbocycles. The molecule has 0 heteroatoms. The topological polar surface area (TPSA) is 0 Å². The molecule has 0 unspecified atom stereocenters. The van der Waals surface area contributed by atoms with Crippen LogP contribution in [0.25, 0.3) is 0 Å². The molecule has 2 aromatic rings. The van der Waals surface area contributed by atoms with Crippen LogP contribution >= 0.6 is 0 Å². The molecule has 3 rings (SSSR count). The number of hydrogen-bond acceptors (Lipinski definition) is 0. The predicted molar refractivity (Wildman–Crippen MR) is 81.5 cm³/mol. The molecule has 2 aromatic carbocycles. The highest BCUT2D eigenvalue weighted by molar-refractivity contribution is 5.43. The van der Waals surface area contributed by atoms with Gasteiger partial charge in [0.2, 0.25) is 0 Å². The van der Waals surface area contributed by atoms with Crippen molar-refractivity contribution in [2.45, 2.75) is 44.4 Å². The minimum atomic E-state index is 0.255. The molecule has 0 atom stereocenters. The first-order valence-electron chi connectivity index (χ1n) is 7.45. The SMILES string of the molecule is Cc1ccccc1C1(c2ccccc2)CCCCC1. The van der Waals surface area contributed by atoms with Gasteiger partial charge in [-0.05, 0) is 36.5 Å². The van der Waals surface area contributed by atoms with Crippen molar-refractivity contribution >= 4 is 0 Å². The van der Waals surface area contributed by atoms with Gasteiger partial charge in [-0.3, -0.25) is 0 Å². The van der Waals surface area contributed by atoms with Gasteiger partial charge in [0.25, 0.3) is 0 Å². The van der Waals surface area contributed by atoms with E-state index in [1.807, 2.05) is 0 Å². The van der Waals surface area contributed by atoms with E-state index in [0.29, 0.717) is 0 Å². The lowest BCUT2D eigenvalue weighted by Crippen LogP contribution is -2.31. The fraction of sp³-hybridized carbons (Fsp3) is 0.368. The number of benzene rings is 2. The molecule has 1 fully saturated rings. The van der Waals surface area contributed by atoms with Gasteiger partial charge in [0, 0.05) is 5.41 Å². The third-order valence-corrected chi connectivity index (χ3v) is 4.69. The smallest absolute Gasteiger partial charge is 0.0205 e. The summed E-state index contributed by atoms with van der Waals surface area (Å²) in [6, 6.07) is 20.1. The average Bonchev–Trinajstić information content (AvgIpc) is 2.49. The van der Waals surface area contributed by atoms with Crippen LogP contribution in [0.15, 0.2) is 54.6 Å². The lowest BCUT2D eigenvalue weighted by atomic mass is 9.64. The van der Waals surface area contributed by atoms with E-state index >= 15 is 0 Å². The lowest BCUT2D eigenvalue weighted by molar-refractivity contribution is 0.345. The summed E-state index contributed by atoms with van der Waals surface area (Å²) in [6.45, 7) is 2.26. The monoisotopic (exact) mass is 250 g/mol. The fourth-order valence-corrected chi connectivity index (χ4v) is 3.74. The standard InChI is InChI=1S/C19H22/c1-16-10-6-7-13-18(16)19(14-8-3-9-15-19)17-11-4-2-5-12-17/h2,4-7,10-13H,3,8-9,14-15H2,1H3. The Hall–Kier alpha value is -1.56. The van der Waals surface area contributed by atoms with Gasteiger partial charge < -0.3 is 0 Å². The Labute approximate surface area is 116 Å². The minimum Gasteiger partial charge on any atom is -0.0622 e. The molecule has 19 heavy (non-hydrogen) atoms. The Morgan fingerprint density at radius 3 is 2.05 bits per heavy atom. The lowest BCUT2D eigenvalue weighted by Gasteiger charge is -2.39. The van der Waals surface area contributed by atoms with Gasteiger partial charge in [-0.2, -0.15) is 0 Å². The van der Waals surface area contributed by atoms with E-state index in [1.54, 1.807) is 5.56 Å². The van der Waals surface area contributed by atoms with Gasteiger partial charge in [-0.1, -0.05) is 73.9 Å². The van der Waals surface area contributed by atoms with Gasteiger partial charge >= 0.3 is 0 Å². The van der Waals surface area contributed by atoms with Crippen molar-refractivity contribution < 1.29 is 0 Å². The summed E-state index contributed by atoms with van der Waals surface area (Å²) in [6.07, 6.45) is 6.68. The van der Waals surface area contributed by atoms with Gasteiger partial charge in [-0.15, -0.1) is 0 Å². The zero-order valence-corrected chi connectivity index (χ0v) is 11.7. The van der Waals surface area contributed by atoms with E-state index in [1.165, 1.54) is 43.2 Å². The maximum absolute atomic E-state index is 2.34. The van der Waals surface area contributed by atoms with Crippen LogP contribution in [-0.2, 0) is 5.41 Å². The number of aryl methyl sites for hydroxylation is 1. The van der Waals surface area contributed by atoms with Crippen LogP contribution in [0.2, 0.25) is 0 Å². The zero-order chi connectivity index (χ0) is 13.1. The number of hydrogen-bond donors (Lipinski definition) is 0. The van der Waals surface area contributed by atoms with Crippen molar-refractivity contribution in [2.24, 2.45) is 0 Å². The normalized spacial score (nSPS) is 18.2. The first-order valence-corrected chi connectivity index (χ1v) is 7.45. The first-order chi connectivity index (χ1) is 9.33. The van der Waals surface area contributed by atoms with Crippen LogP contribution in [-0.4, -0.2) is 0 Å². The van der Waals surface area contributed by atoms with Crippen molar-refractivity contribution in [1.82, 2.24) is 0 Å². The second kappa shape index (κ2) is 5.21. The maximum atomic E-state index is 2.34. The van der Waals surface area contributed by atoms with E-state index in [9.17, 15) is 0 Å². The van der Waals surface area contributed by atoms with E-state index < -0.39 is 0 Å². The quantitative estimate of drug-likeness (QED) is 0.683. The molecule has 1 saturated carbocycles. The van der Waals surface area contributed by atoms with Crippen molar-refractivity contribution in [2.75, 3.05) is 0 Å². The molecule has 1 aliphatic rings. The summed E-state index contributed by atoms with van der Waals surface area (Å²) in [5.74, 6) is 0. The molecular formula is C19H22. The largest absolute Gasteiger partial charge is 0.0622 e. The Balaban J connectivity index is 2.15. The van der Waals surface area contributed by atoms with Crippen LogP contribution in [0.1, 0.15) is 48.8 Å². The van der Waals surface area contributed by atoms with Crippen molar-refractivity contribution in [3.63, 3.8) is 0 Å². The Morgan fingerprint density at radius 1 is 0.737 bits per heavy atom. The van der Waals surface area contributed by atoms with Crippen LogP contribution in [0, 0.1) is 6.92 Å². The summed E-state index contributed by atoms with van der Waals surface area (Å²) < 4.78 is 0. The first kappa shape index (κ1) is 12.5. The molecule has 0 heterocycles.